The number of azo groups is 1. The number of benzene rings is 2. The molecule has 0 aliphatic carbocycles. The topological polar surface area (TPSA) is 213 Å². The van der Waals surface area contributed by atoms with Crippen molar-refractivity contribution in [2.45, 2.75) is 9.79 Å². The molecule has 15 nitrogen and oxygen atoms in total. The lowest BCUT2D eigenvalue weighted by atomic mass is 10.2. The Labute approximate surface area is 201 Å². The molecule has 0 atom stereocenters. The number of nitrogens with zero attached hydrogens (tertiary/aromatic N) is 2. The van der Waals surface area contributed by atoms with Crippen LogP contribution in [0.4, 0.5) is 27.5 Å². The van der Waals surface area contributed by atoms with Crippen LogP contribution < -0.4 is 16.4 Å². The van der Waals surface area contributed by atoms with Crippen molar-refractivity contribution in [1.29, 1.82) is 0 Å². The maximum absolute atomic E-state index is 12.5. The van der Waals surface area contributed by atoms with E-state index in [0.717, 1.165) is 0 Å². The number of carbonyl (C=O) groups is 1. The summed E-state index contributed by atoms with van der Waals surface area (Å²) in [7, 11) is -2.13. The van der Waals surface area contributed by atoms with Gasteiger partial charge in [0.2, 0.25) is 0 Å². The number of primary amides is 1. The molecule has 0 aliphatic heterocycles. The van der Waals surface area contributed by atoms with E-state index in [-0.39, 0.29) is 45.8 Å². The molecule has 0 bridgehead atoms. The van der Waals surface area contributed by atoms with Crippen LogP contribution in [-0.4, -0.2) is 44.4 Å². The van der Waals surface area contributed by atoms with Gasteiger partial charge >= 0.3 is 6.03 Å². The summed E-state index contributed by atoms with van der Waals surface area (Å²) in [5, 5.41) is 36.9. The number of nitrogens with one attached hydrogen (secondary N) is 2. The van der Waals surface area contributed by atoms with Crippen molar-refractivity contribution < 1.29 is 46.7 Å². The number of amides is 2. The van der Waals surface area contributed by atoms with Crippen molar-refractivity contribution in [2.75, 3.05) is 30.0 Å². The summed E-state index contributed by atoms with van der Waals surface area (Å²) in [5.74, 6) is -0.433. The average molecular weight is 538 g/mol. The van der Waals surface area contributed by atoms with Crippen LogP contribution in [-0.2, 0) is 32.8 Å². The summed E-state index contributed by atoms with van der Waals surface area (Å²) < 4.78 is 38.2. The zero-order valence-electron chi connectivity index (χ0n) is 17.2. The Morgan fingerprint density at radius 2 is 1.79 bits per heavy atom. The lowest BCUT2D eigenvalue weighted by molar-refractivity contribution is -0.434. The van der Waals surface area contributed by atoms with Gasteiger partial charge in [-0.1, -0.05) is 10.1 Å². The molecule has 0 radical (unpaired) electrons. The van der Waals surface area contributed by atoms with Gasteiger partial charge < -0.3 is 16.4 Å². The maximum Gasteiger partial charge on any atom is 0.316 e. The second-order valence-electron chi connectivity index (χ2n) is 5.88. The molecule has 2 amide bonds. The van der Waals surface area contributed by atoms with E-state index in [0.29, 0.717) is 17.7 Å². The molecule has 18 heteroatoms. The summed E-state index contributed by atoms with van der Waals surface area (Å²) in [6.45, 7) is -0.283. The van der Waals surface area contributed by atoms with Gasteiger partial charge in [-0.05, 0) is 36.4 Å². The number of sulfone groups is 1. The maximum atomic E-state index is 12.5. The van der Waals surface area contributed by atoms with E-state index < -0.39 is 21.6 Å². The molecule has 0 saturated carbocycles. The zero-order valence-corrected chi connectivity index (χ0v) is 19.7. The first kappa shape index (κ1) is 27.7. The summed E-state index contributed by atoms with van der Waals surface area (Å²) >= 11 is 0.725. The highest BCUT2D eigenvalue weighted by Crippen LogP contribution is 2.35. The van der Waals surface area contributed by atoms with E-state index in [1.54, 1.807) is 25.2 Å². The van der Waals surface area contributed by atoms with Gasteiger partial charge in [0.25, 0.3) is 0 Å². The predicted octanol–water partition coefficient (Wildman–Crippen LogP) is 3.84. The summed E-state index contributed by atoms with van der Waals surface area (Å²) in [4.78, 5) is 11.3. The normalized spacial score (nSPS) is 11.6. The third-order valence-corrected chi connectivity index (χ3v) is 6.49. The molecule has 0 aromatic heterocycles. The Hall–Kier alpha value is -2.52. The average Bonchev–Trinajstić information content (AvgIpc) is 2.81. The van der Waals surface area contributed by atoms with Gasteiger partial charge in [-0.15, -0.1) is 18.9 Å². The minimum absolute atomic E-state index is 0.113. The second-order valence-corrected chi connectivity index (χ2v) is 9.24. The SMILES string of the molecule is CNc1ccc(N=Nc2ccc(S(=O)(=O)CCOSOOO)cc2SOOO)c(NC(N)=O)c1. The van der Waals surface area contributed by atoms with Crippen molar-refractivity contribution in [3.05, 3.63) is 36.4 Å². The third kappa shape index (κ3) is 8.68. The number of carbonyl (C=O) groups excluding carboxylic acids is 1. The smallest absolute Gasteiger partial charge is 0.316 e. The Balaban J connectivity index is 2.30. The zero-order chi connectivity index (χ0) is 25.0. The van der Waals surface area contributed by atoms with Gasteiger partial charge in [0, 0.05) is 12.7 Å². The predicted molar refractivity (Wildman–Crippen MR) is 121 cm³/mol. The van der Waals surface area contributed by atoms with Crippen LogP contribution in [0.15, 0.2) is 56.4 Å². The molecule has 2 rings (SSSR count). The van der Waals surface area contributed by atoms with Gasteiger partial charge in [-0.3, -0.25) is 4.18 Å². The largest absolute Gasteiger partial charge is 0.388 e. The van der Waals surface area contributed by atoms with E-state index >= 15 is 0 Å². The van der Waals surface area contributed by atoms with Gasteiger partial charge in [-0.25, -0.2) is 23.7 Å². The van der Waals surface area contributed by atoms with E-state index in [9.17, 15) is 13.2 Å². The quantitative estimate of drug-likeness (QED) is 0.0762. The molecule has 0 unspecified atom stereocenters. The van der Waals surface area contributed by atoms with E-state index in [2.05, 4.69) is 39.6 Å². The number of hydrogen-bond donors (Lipinski definition) is 5. The number of urea groups is 1. The molecule has 2 aromatic rings. The van der Waals surface area contributed by atoms with Crippen LogP contribution in [0.25, 0.3) is 0 Å². The molecular weight excluding hydrogens is 518 g/mol. The fourth-order valence-corrected chi connectivity index (χ4v) is 4.32. The number of rotatable bonds is 14. The van der Waals surface area contributed by atoms with Gasteiger partial charge in [0.1, 0.15) is 11.4 Å². The first-order chi connectivity index (χ1) is 16.3. The molecule has 0 aliphatic rings. The summed E-state index contributed by atoms with van der Waals surface area (Å²) in [6, 6.07) is 7.89. The Bertz CT molecular complexity index is 1100. The Kier molecular flexibility index (Phi) is 11.4. The van der Waals surface area contributed by atoms with Crippen molar-refractivity contribution in [3.8, 4) is 0 Å². The number of anilines is 2. The minimum atomic E-state index is -3.82. The highest BCUT2D eigenvalue weighted by Gasteiger charge is 2.18. The lowest BCUT2D eigenvalue weighted by Gasteiger charge is -2.09. The number of hydrogen-bond acceptors (Lipinski definition) is 15. The van der Waals surface area contributed by atoms with Crippen LogP contribution in [0.5, 0.6) is 0 Å². The van der Waals surface area contributed by atoms with Gasteiger partial charge in [0.05, 0.1) is 39.9 Å². The third-order valence-electron chi connectivity index (χ3n) is 3.79. The van der Waals surface area contributed by atoms with Crippen LogP contribution >= 0.6 is 24.4 Å². The van der Waals surface area contributed by atoms with Crippen LogP contribution in [0, 0.1) is 0 Å². The Morgan fingerprint density at radius 3 is 2.47 bits per heavy atom. The van der Waals surface area contributed by atoms with Crippen molar-refractivity contribution in [1.82, 2.24) is 0 Å². The molecular formula is C16H19N5O10S3. The van der Waals surface area contributed by atoms with Crippen molar-refractivity contribution >= 4 is 63.0 Å². The van der Waals surface area contributed by atoms with Crippen LogP contribution in [0.3, 0.4) is 0 Å². The lowest BCUT2D eigenvalue weighted by Crippen LogP contribution is -2.19. The van der Waals surface area contributed by atoms with Crippen LogP contribution in [0.1, 0.15) is 0 Å². The second kappa shape index (κ2) is 14.0. The first-order valence-corrected chi connectivity index (χ1v) is 11.9. The molecule has 6 N–H and O–H groups in total. The highest BCUT2D eigenvalue weighted by molar-refractivity contribution is 7.95. The minimum Gasteiger partial charge on any atom is -0.388 e. The molecule has 0 fully saturated rings. The molecule has 2 aromatic carbocycles. The van der Waals surface area contributed by atoms with Crippen molar-refractivity contribution in [2.24, 2.45) is 16.0 Å². The molecule has 34 heavy (non-hydrogen) atoms. The summed E-state index contributed by atoms with van der Waals surface area (Å²) in [6.07, 6.45) is 0. The molecule has 0 spiro atoms. The van der Waals surface area contributed by atoms with E-state index in [1.165, 1.54) is 18.2 Å². The fourth-order valence-electron chi connectivity index (χ4n) is 2.34. The molecule has 0 saturated heterocycles. The van der Waals surface area contributed by atoms with Crippen LogP contribution in [0.2, 0.25) is 0 Å². The standard InChI is InChI=1S/C16H19N5O10S3/c1-18-10-2-4-12(14(8-10)19-16(17)22)20-21-13-5-3-11(9-15(13)32-30-28-23)34(25,26)7-6-27-33-31-29-24/h2-5,8-9,18,23-24H,6-7H2,1H3,(H3,17,19,22). The van der Waals surface area contributed by atoms with E-state index in [1.807, 2.05) is 0 Å². The first-order valence-electron chi connectivity index (χ1n) is 8.88. The highest BCUT2D eigenvalue weighted by atomic mass is 32.2. The van der Waals surface area contributed by atoms with Gasteiger partial charge in [0.15, 0.2) is 22.2 Å². The monoisotopic (exact) mass is 537 g/mol. The summed E-state index contributed by atoms with van der Waals surface area (Å²) in [5.41, 5.74) is 6.57. The van der Waals surface area contributed by atoms with Gasteiger partial charge in [-0.2, -0.15) is 0 Å². The molecule has 0 heterocycles. The van der Waals surface area contributed by atoms with Crippen molar-refractivity contribution in [3.63, 3.8) is 0 Å². The molecule has 186 valence electrons. The van der Waals surface area contributed by atoms with E-state index in [4.69, 9.17) is 20.4 Å². The fraction of sp³-hybridized carbons (Fsp3) is 0.188. The number of nitrogens with two attached hydrogens (primary N) is 1. The Morgan fingerprint density at radius 1 is 1.09 bits per heavy atom.